The molecule has 0 saturated carbocycles. The number of hydrogen-bond donors (Lipinski definition) is 1. The average molecular weight is 279 g/mol. The first-order valence-corrected chi connectivity index (χ1v) is 5.48. The number of nitro groups is 1. The van der Waals surface area contributed by atoms with Gasteiger partial charge in [-0.25, -0.2) is 8.78 Å². The lowest BCUT2D eigenvalue weighted by Crippen LogP contribution is -2.25. The van der Waals surface area contributed by atoms with Crippen LogP contribution in [0.2, 0.25) is 0 Å². The third-order valence-electron chi connectivity index (χ3n) is 2.08. The largest absolute Gasteiger partial charge is 0.352 e. The van der Waals surface area contributed by atoms with Crippen LogP contribution in [0.1, 0.15) is 16.8 Å². The number of amides is 1. The van der Waals surface area contributed by atoms with Crippen LogP contribution in [0.3, 0.4) is 0 Å². The second-order valence-electron chi connectivity index (χ2n) is 3.34. The van der Waals surface area contributed by atoms with Gasteiger partial charge in [0.15, 0.2) is 11.6 Å². The SMILES string of the molecule is O=C(NCCCCl)c1cc(F)c(F)cc1[N+](=O)[O-]. The van der Waals surface area contributed by atoms with Gasteiger partial charge < -0.3 is 5.32 Å². The molecule has 0 unspecified atom stereocenters. The van der Waals surface area contributed by atoms with Crippen LogP contribution in [-0.4, -0.2) is 23.3 Å². The number of carbonyl (C=O) groups is 1. The fourth-order valence-corrected chi connectivity index (χ4v) is 1.37. The maximum Gasteiger partial charge on any atom is 0.285 e. The topological polar surface area (TPSA) is 72.2 Å². The van der Waals surface area contributed by atoms with Gasteiger partial charge in [0.05, 0.1) is 11.0 Å². The monoisotopic (exact) mass is 278 g/mol. The molecule has 18 heavy (non-hydrogen) atoms. The molecule has 5 nitrogen and oxygen atoms in total. The molecule has 1 rings (SSSR count). The van der Waals surface area contributed by atoms with Crippen LogP contribution in [0, 0.1) is 21.7 Å². The minimum Gasteiger partial charge on any atom is -0.352 e. The van der Waals surface area contributed by atoms with E-state index in [2.05, 4.69) is 5.32 Å². The normalized spacial score (nSPS) is 10.2. The van der Waals surface area contributed by atoms with Crippen molar-refractivity contribution in [2.75, 3.05) is 12.4 Å². The molecule has 0 fully saturated rings. The van der Waals surface area contributed by atoms with Crippen LogP contribution in [-0.2, 0) is 0 Å². The summed E-state index contributed by atoms with van der Waals surface area (Å²) in [7, 11) is 0. The van der Waals surface area contributed by atoms with Gasteiger partial charge in [-0.05, 0) is 12.5 Å². The van der Waals surface area contributed by atoms with Gasteiger partial charge in [-0.15, -0.1) is 11.6 Å². The van der Waals surface area contributed by atoms with Crippen LogP contribution in [0.25, 0.3) is 0 Å². The Bertz CT molecular complexity index is 482. The van der Waals surface area contributed by atoms with Crippen LogP contribution < -0.4 is 5.32 Å². The quantitative estimate of drug-likeness (QED) is 0.388. The Morgan fingerprint density at radius 3 is 2.56 bits per heavy atom. The van der Waals surface area contributed by atoms with Crippen molar-refractivity contribution in [2.24, 2.45) is 0 Å². The highest BCUT2D eigenvalue weighted by molar-refractivity contribution is 6.17. The van der Waals surface area contributed by atoms with Gasteiger partial charge in [0.25, 0.3) is 11.6 Å². The first kappa shape index (κ1) is 14.3. The molecule has 0 spiro atoms. The second-order valence-corrected chi connectivity index (χ2v) is 3.72. The van der Waals surface area contributed by atoms with Gasteiger partial charge >= 0.3 is 0 Å². The lowest BCUT2D eigenvalue weighted by molar-refractivity contribution is -0.385. The van der Waals surface area contributed by atoms with Crippen molar-refractivity contribution in [2.45, 2.75) is 6.42 Å². The molecule has 0 aromatic heterocycles. The highest BCUT2D eigenvalue weighted by Gasteiger charge is 2.23. The summed E-state index contributed by atoms with van der Waals surface area (Å²) in [6.07, 6.45) is 0.463. The van der Waals surface area contributed by atoms with E-state index in [1.165, 1.54) is 0 Å². The predicted molar refractivity (Wildman–Crippen MR) is 60.7 cm³/mol. The van der Waals surface area contributed by atoms with Crippen LogP contribution in [0.15, 0.2) is 12.1 Å². The van der Waals surface area contributed by atoms with Crippen molar-refractivity contribution < 1.29 is 18.5 Å². The molecule has 0 aliphatic carbocycles. The molecular weight excluding hydrogens is 270 g/mol. The highest BCUT2D eigenvalue weighted by atomic mass is 35.5. The minimum absolute atomic E-state index is 0.193. The van der Waals surface area contributed by atoms with E-state index in [4.69, 9.17) is 11.6 Å². The van der Waals surface area contributed by atoms with Gasteiger partial charge in [0.1, 0.15) is 5.56 Å². The van der Waals surface area contributed by atoms with Gasteiger partial charge in [0, 0.05) is 12.4 Å². The number of halogens is 3. The highest BCUT2D eigenvalue weighted by Crippen LogP contribution is 2.22. The van der Waals surface area contributed by atoms with Crippen molar-refractivity contribution in [3.63, 3.8) is 0 Å². The summed E-state index contributed by atoms with van der Waals surface area (Å²) >= 11 is 5.39. The Kier molecular flexibility index (Phi) is 4.96. The zero-order valence-corrected chi connectivity index (χ0v) is 9.84. The Morgan fingerprint density at radius 1 is 1.39 bits per heavy atom. The molecule has 0 aliphatic rings. The van der Waals surface area contributed by atoms with Gasteiger partial charge in [0.2, 0.25) is 0 Å². The summed E-state index contributed by atoms with van der Waals surface area (Å²) in [5.41, 5.74) is -1.30. The van der Waals surface area contributed by atoms with Crippen molar-refractivity contribution in [1.82, 2.24) is 5.32 Å². The molecule has 1 amide bonds. The van der Waals surface area contributed by atoms with Crippen molar-refractivity contribution in [1.29, 1.82) is 0 Å². The van der Waals surface area contributed by atoms with Crippen LogP contribution in [0.5, 0.6) is 0 Å². The van der Waals surface area contributed by atoms with Gasteiger partial charge in [-0.3, -0.25) is 14.9 Å². The zero-order valence-electron chi connectivity index (χ0n) is 9.08. The first-order chi connectivity index (χ1) is 8.47. The Balaban J connectivity index is 3.02. The molecule has 0 bridgehead atoms. The average Bonchev–Trinajstić information content (AvgIpc) is 2.32. The number of carbonyl (C=O) groups excluding carboxylic acids is 1. The number of nitrogens with one attached hydrogen (secondary N) is 1. The van der Waals surface area contributed by atoms with E-state index in [-0.39, 0.29) is 6.54 Å². The molecule has 98 valence electrons. The summed E-state index contributed by atoms with van der Waals surface area (Å²) in [5.74, 6) is -3.23. The maximum atomic E-state index is 13.0. The van der Waals surface area contributed by atoms with E-state index in [1.54, 1.807) is 0 Å². The summed E-state index contributed by atoms with van der Waals surface area (Å²) < 4.78 is 25.8. The predicted octanol–water partition coefficient (Wildman–Crippen LogP) is 2.23. The zero-order chi connectivity index (χ0) is 13.7. The smallest absolute Gasteiger partial charge is 0.285 e. The number of alkyl halides is 1. The van der Waals surface area contributed by atoms with Crippen LogP contribution in [0.4, 0.5) is 14.5 Å². The van der Waals surface area contributed by atoms with E-state index in [1.807, 2.05) is 0 Å². The number of hydrogen-bond acceptors (Lipinski definition) is 3. The Morgan fingerprint density at radius 2 is 2.00 bits per heavy atom. The number of nitro benzene ring substituents is 1. The molecule has 0 aliphatic heterocycles. The molecule has 0 radical (unpaired) electrons. The number of nitrogens with zero attached hydrogens (tertiary/aromatic N) is 1. The Hall–Kier alpha value is -1.76. The molecule has 8 heteroatoms. The van der Waals surface area contributed by atoms with Gasteiger partial charge in [-0.1, -0.05) is 0 Å². The maximum absolute atomic E-state index is 13.0. The minimum atomic E-state index is -1.38. The molecular formula is C10H9ClF2N2O3. The summed E-state index contributed by atoms with van der Waals surface area (Å²) in [4.78, 5) is 21.3. The van der Waals surface area contributed by atoms with E-state index in [0.29, 0.717) is 24.4 Å². The Labute approximate surface area is 106 Å². The van der Waals surface area contributed by atoms with E-state index in [9.17, 15) is 23.7 Å². The van der Waals surface area contributed by atoms with Crippen molar-refractivity contribution in [3.05, 3.63) is 39.4 Å². The molecule has 0 saturated heterocycles. The first-order valence-electron chi connectivity index (χ1n) is 4.95. The fraction of sp³-hybridized carbons (Fsp3) is 0.300. The van der Waals surface area contributed by atoms with Crippen molar-refractivity contribution in [3.8, 4) is 0 Å². The fourth-order valence-electron chi connectivity index (χ4n) is 1.23. The molecule has 1 aromatic rings. The summed E-state index contributed by atoms with van der Waals surface area (Å²) in [6, 6.07) is 0.884. The lowest BCUT2D eigenvalue weighted by atomic mass is 10.1. The standard InChI is InChI=1S/C10H9ClF2N2O3/c11-2-1-3-14-10(16)6-4-7(12)8(13)5-9(6)15(17)18/h4-5H,1-3H2,(H,14,16). The van der Waals surface area contributed by atoms with E-state index < -0.39 is 33.7 Å². The molecule has 1 N–H and O–H groups in total. The third-order valence-corrected chi connectivity index (χ3v) is 2.34. The molecule has 0 atom stereocenters. The summed E-state index contributed by atoms with van der Waals surface area (Å²) in [5, 5.41) is 13.0. The van der Waals surface area contributed by atoms with Crippen LogP contribution >= 0.6 is 11.6 Å². The summed E-state index contributed by atoms with van der Waals surface area (Å²) in [6.45, 7) is 0.193. The third kappa shape index (κ3) is 3.36. The molecule has 1 aromatic carbocycles. The second kappa shape index (κ2) is 6.25. The van der Waals surface area contributed by atoms with Crippen molar-refractivity contribution >= 4 is 23.2 Å². The van der Waals surface area contributed by atoms with Gasteiger partial charge in [-0.2, -0.15) is 0 Å². The van der Waals surface area contributed by atoms with E-state index in [0.717, 1.165) is 0 Å². The number of benzene rings is 1. The van der Waals surface area contributed by atoms with E-state index >= 15 is 0 Å². The number of rotatable bonds is 5. The molecule has 0 heterocycles. The lowest BCUT2D eigenvalue weighted by Gasteiger charge is -2.05.